The first-order valence-corrected chi connectivity index (χ1v) is 5.52. The Labute approximate surface area is 105 Å². The number of hydrogen-bond acceptors (Lipinski definition) is 4. The Morgan fingerprint density at radius 1 is 1.44 bits per heavy atom. The van der Waals surface area contributed by atoms with Gasteiger partial charge in [0.05, 0.1) is 18.1 Å². The third-order valence-corrected chi connectivity index (χ3v) is 2.50. The van der Waals surface area contributed by atoms with Gasteiger partial charge in [0.2, 0.25) is 0 Å². The average Bonchev–Trinajstić information content (AvgIpc) is 2.75. The minimum Gasteiger partial charge on any atom is -0.489 e. The van der Waals surface area contributed by atoms with Crippen LogP contribution in [0.15, 0.2) is 35.3 Å². The lowest BCUT2D eigenvalue weighted by atomic mass is 10.1. The van der Waals surface area contributed by atoms with Gasteiger partial charge in [-0.05, 0) is 25.1 Å². The van der Waals surface area contributed by atoms with E-state index >= 15 is 0 Å². The molecule has 0 saturated heterocycles. The average molecular weight is 246 g/mol. The van der Waals surface area contributed by atoms with Crippen molar-refractivity contribution in [1.29, 1.82) is 0 Å². The van der Waals surface area contributed by atoms with Crippen molar-refractivity contribution in [3.05, 3.63) is 42.2 Å². The molecule has 94 valence electrons. The second-order valence-corrected chi connectivity index (χ2v) is 3.83. The molecule has 0 saturated carbocycles. The maximum Gasteiger partial charge on any atom is 0.338 e. The van der Waals surface area contributed by atoms with Crippen molar-refractivity contribution in [2.75, 3.05) is 13.7 Å². The number of rotatable bonds is 4. The normalized spacial score (nSPS) is 10.3. The van der Waals surface area contributed by atoms with Crippen LogP contribution in [0.1, 0.15) is 16.1 Å². The molecule has 1 aromatic carbocycles. The van der Waals surface area contributed by atoms with Crippen LogP contribution in [0.2, 0.25) is 0 Å². The summed E-state index contributed by atoms with van der Waals surface area (Å²) in [6, 6.07) is 5.16. The monoisotopic (exact) mass is 246 g/mol. The quantitative estimate of drug-likeness (QED) is 0.614. The fraction of sp³-hybridized carbons (Fsp3) is 0.214. The maximum absolute atomic E-state index is 11.6. The van der Waals surface area contributed by atoms with Crippen molar-refractivity contribution in [3.8, 4) is 5.75 Å². The van der Waals surface area contributed by atoms with Crippen molar-refractivity contribution in [1.82, 2.24) is 0 Å². The summed E-state index contributed by atoms with van der Waals surface area (Å²) in [6.07, 6.45) is 1.64. The van der Waals surface area contributed by atoms with Crippen molar-refractivity contribution < 1.29 is 18.7 Å². The Morgan fingerprint density at radius 3 is 2.89 bits per heavy atom. The van der Waals surface area contributed by atoms with Gasteiger partial charge in [0.1, 0.15) is 23.7 Å². The van der Waals surface area contributed by atoms with E-state index in [0.717, 1.165) is 11.1 Å². The Morgan fingerprint density at radius 2 is 2.22 bits per heavy atom. The molecular weight excluding hydrogens is 232 g/mol. The number of fused-ring (bicyclic) bond motifs is 1. The first-order valence-electron chi connectivity index (χ1n) is 5.52. The van der Waals surface area contributed by atoms with Gasteiger partial charge in [-0.25, -0.2) is 4.79 Å². The van der Waals surface area contributed by atoms with E-state index in [1.165, 1.54) is 7.11 Å². The fourth-order valence-corrected chi connectivity index (χ4v) is 1.74. The van der Waals surface area contributed by atoms with Crippen molar-refractivity contribution in [2.45, 2.75) is 6.92 Å². The molecule has 0 aliphatic heterocycles. The first kappa shape index (κ1) is 12.2. The van der Waals surface area contributed by atoms with Gasteiger partial charge in [-0.15, -0.1) is 0 Å². The Hall–Kier alpha value is -2.23. The van der Waals surface area contributed by atoms with Crippen LogP contribution in [0.4, 0.5) is 0 Å². The van der Waals surface area contributed by atoms with Gasteiger partial charge in [-0.2, -0.15) is 0 Å². The summed E-state index contributed by atoms with van der Waals surface area (Å²) in [5.41, 5.74) is 1.01. The minimum atomic E-state index is -0.422. The summed E-state index contributed by atoms with van der Waals surface area (Å²) in [5, 5.41) is 0.835. The third kappa shape index (κ3) is 2.22. The van der Waals surface area contributed by atoms with Crippen LogP contribution >= 0.6 is 0 Å². The molecule has 0 aliphatic rings. The van der Waals surface area contributed by atoms with Crippen molar-refractivity contribution in [2.24, 2.45) is 0 Å². The summed E-state index contributed by atoms with van der Waals surface area (Å²) in [6.45, 7) is 5.80. The number of carbonyl (C=O) groups excluding carboxylic acids is 1. The van der Waals surface area contributed by atoms with E-state index < -0.39 is 5.97 Å². The van der Waals surface area contributed by atoms with Gasteiger partial charge in [-0.1, -0.05) is 12.7 Å². The number of esters is 1. The van der Waals surface area contributed by atoms with Crippen LogP contribution in [0, 0.1) is 6.92 Å². The van der Waals surface area contributed by atoms with E-state index in [0.29, 0.717) is 23.5 Å². The molecule has 1 aromatic heterocycles. The predicted molar refractivity (Wildman–Crippen MR) is 68.0 cm³/mol. The molecule has 4 nitrogen and oxygen atoms in total. The van der Waals surface area contributed by atoms with Crippen LogP contribution in [0.25, 0.3) is 11.0 Å². The van der Waals surface area contributed by atoms with Crippen LogP contribution in [0.3, 0.4) is 0 Å². The molecule has 0 N–H and O–H groups in total. The summed E-state index contributed by atoms with van der Waals surface area (Å²) in [7, 11) is 1.34. The highest BCUT2D eigenvalue weighted by Gasteiger charge is 2.14. The second-order valence-electron chi connectivity index (χ2n) is 3.83. The standard InChI is InChI=1S/C14H14O4/c1-4-5-17-12-7-10(14(15)16-3)8-13-11(12)6-9(2)18-13/h4,6-8H,1,5H2,2-3H3. The molecule has 0 bridgehead atoms. The molecule has 0 amide bonds. The predicted octanol–water partition coefficient (Wildman–Crippen LogP) is 3.09. The van der Waals surface area contributed by atoms with Crippen LogP contribution in [-0.2, 0) is 4.74 Å². The van der Waals surface area contributed by atoms with Crippen LogP contribution in [-0.4, -0.2) is 19.7 Å². The van der Waals surface area contributed by atoms with Gasteiger partial charge in [0.25, 0.3) is 0 Å². The van der Waals surface area contributed by atoms with E-state index in [1.54, 1.807) is 18.2 Å². The van der Waals surface area contributed by atoms with Gasteiger partial charge in [-0.3, -0.25) is 0 Å². The Kier molecular flexibility index (Phi) is 3.37. The topological polar surface area (TPSA) is 48.7 Å². The highest BCUT2D eigenvalue weighted by Crippen LogP contribution is 2.30. The molecule has 18 heavy (non-hydrogen) atoms. The van der Waals surface area contributed by atoms with Crippen LogP contribution in [0.5, 0.6) is 5.75 Å². The SMILES string of the molecule is C=CCOc1cc(C(=O)OC)cc2oc(C)cc12. The number of carbonyl (C=O) groups is 1. The van der Waals surface area contributed by atoms with E-state index in [2.05, 4.69) is 6.58 Å². The lowest BCUT2D eigenvalue weighted by Gasteiger charge is -2.06. The van der Waals surface area contributed by atoms with E-state index in [9.17, 15) is 4.79 Å². The zero-order chi connectivity index (χ0) is 13.1. The summed E-state index contributed by atoms with van der Waals surface area (Å²) in [5.74, 6) is 0.925. The number of furan rings is 1. The minimum absolute atomic E-state index is 0.365. The molecule has 0 aliphatic carbocycles. The van der Waals surface area contributed by atoms with Gasteiger partial charge in [0, 0.05) is 0 Å². The summed E-state index contributed by atoms with van der Waals surface area (Å²) in [4.78, 5) is 11.6. The Bertz CT molecular complexity index is 595. The molecular formula is C14H14O4. The lowest BCUT2D eigenvalue weighted by molar-refractivity contribution is 0.0600. The summed E-state index contributed by atoms with van der Waals surface area (Å²) >= 11 is 0. The molecule has 0 radical (unpaired) electrons. The lowest BCUT2D eigenvalue weighted by Crippen LogP contribution is -2.02. The number of methoxy groups -OCH3 is 1. The smallest absolute Gasteiger partial charge is 0.338 e. The molecule has 0 atom stereocenters. The molecule has 0 fully saturated rings. The maximum atomic E-state index is 11.6. The molecule has 1 heterocycles. The van der Waals surface area contributed by atoms with E-state index in [1.807, 2.05) is 13.0 Å². The highest BCUT2D eigenvalue weighted by molar-refractivity contribution is 5.96. The van der Waals surface area contributed by atoms with Crippen LogP contribution < -0.4 is 4.74 Å². The number of benzene rings is 1. The Balaban J connectivity index is 2.55. The van der Waals surface area contributed by atoms with Gasteiger partial charge < -0.3 is 13.9 Å². The molecule has 2 rings (SSSR count). The zero-order valence-corrected chi connectivity index (χ0v) is 10.4. The van der Waals surface area contributed by atoms with Crippen molar-refractivity contribution in [3.63, 3.8) is 0 Å². The largest absolute Gasteiger partial charge is 0.489 e. The number of ether oxygens (including phenoxy) is 2. The van der Waals surface area contributed by atoms with Gasteiger partial charge in [0.15, 0.2) is 0 Å². The fourth-order valence-electron chi connectivity index (χ4n) is 1.74. The zero-order valence-electron chi connectivity index (χ0n) is 10.4. The van der Waals surface area contributed by atoms with E-state index in [4.69, 9.17) is 13.9 Å². The molecule has 0 unspecified atom stereocenters. The molecule has 0 spiro atoms. The summed E-state index contributed by atoms with van der Waals surface area (Å²) < 4.78 is 15.7. The molecule has 2 aromatic rings. The molecule has 4 heteroatoms. The number of aryl methyl sites for hydroxylation is 1. The van der Waals surface area contributed by atoms with Gasteiger partial charge >= 0.3 is 5.97 Å². The second kappa shape index (κ2) is 4.96. The number of hydrogen-bond donors (Lipinski definition) is 0. The third-order valence-electron chi connectivity index (χ3n) is 2.50. The first-order chi connectivity index (χ1) is 8.65. The highest BCUT2D eigenvalue weighted by atomic mass is 16.5. The van der Waals surface area contributed by atoms with Crippen molar-refractivity contribution >= 4 is 16.9 Å². The van der Waals surface area contributed by atoms with E-state index in [-0.39, 0.29) is 0 Å².